The zero-order valence-electron chi connectivity index (χ0n) is 11.0. The first-order valence-corrected chi connectivity index (χ1v) is 6.40. The average Bonchev–Trinajstić information content (AvgIpc) is 2.87. The Morgan fingerprint density at radius 1 is 1.42 bits per heavy atom. The monoisotopic (exact) mass is 265 g/mol. The lowest BCUT2D eigenvalue weighted by atomic mass is 9.97. The largest absolute Gasteiger partial charge is 0.496 e. The van der Waals surface area contributed by atoms with E-state index >= 15 is 0 Å². The molecule has 3 N–H and O–H groups in total. The summed E-state index contributed by atoms with van der Waals surface area (Å²) in [6.07, 6.45) is 4.26. The van der Waals surface area contributed by atoms with Crippen LogP contribution in [0.1, 0.15) is 25.7 Å². The minimum absolute atomic E-state index is 0.0204. The van der Waals surface area contributed by atoms with Crippen molar-refractivity contribution in [2.45, 2.75) is 31.2 Å². The molecule has 0 heterocycles. The second kappa shape index (κ2) is 5.44. The molecule has 1 saturated carbocycles. The Morgan fingerprint density at radius 3 is 2.63 bits per heavy atom. The van der Waals surface area contributed by atoms with E-state index < -0.39 is 4.92 Å². The molecule has 1 aliphatic carbocycles. The van der Waals surface area contributed by atoms with Gasteiger partial charge in [0.05, 0.1) is 18.1 Å². The smallest absolute Gasteiger partial charge is 0.275 e. The lowest BCUT2D eigenvalue weighted by Crippen LogP contribution is -2.42. The number of hydrogen-bond acceptors (Lipinski definition) is 5. The first-order chi connectivity index (χ1) is 9.08. The van der Waals surface area contributed by atoms with Crippen molar-refractivity contribution in [2.24, 2.45) is 5.73 Å². The summed E-state index contributed by atoms with van der Waals surface area (Å²) in [5, 5.41) is 14.3. The van der Waals surface area contributed by atoms with E-state index in [4.69, 9.17) is 10.5 Å². The van der Waals surface area contributed by atoms with Crippen molar-refractivity contribution in [3.05, 3.63) is 28.3 Å². The minimum atomic E-state index is -0.419. The van der Waals surface area contributed by atoms with Gasteiger partial charge in [-0.1, -0.05) is 12.8 Å². The summed E-state index contributed by atoms with van der Waals surface area (Å²) >= 11 is 0. The van der Waals surface area contributed by atoms with E-state index in [9.17, 15) is 10.1 Å². The zero-order valence-corrected chi connectivity index (χ0v) is 11.0. The van der Waals surface area contributed by atoms with Crippen LogP contribution < -0.4 is 15.8 Å². The fourth-order valence-corrected chi connectivity index (χ4v) is 2.62. The molecule has 1 aliphatic rings. The van der Waals surface area contributed by atoms with Crippen molar-refractivity contribution in [3.8, 4) is 5.75 Å². The van der Waals surface area contributed by atoms with Crippen LogP contribution in [-0.4, -0.2) is 24.1 Å². The average molecular weight is 265 g/mol. The Balaban J connectivity index is 2.28. The van der Waals surface area contributed by atoms with Gasteiger partial charge in [0.15, 0.2) is 0 Å². The highest BCUT2D eigenvalue weighted by molar-refractivity contribution is 5.57. The SMILES string of the molecule is COc1cc(NC2(CN)CCCC2)cc([N+](=O)[O-])c1. The number of nitro groups is 1. The Hall–Kier alpha value is -1.82. The van der Waals surface area contributed by atoms with Crippen LogP contribution in [0.2, 0.25) is 0 Å². The van der Waals surface area contributed by atoms with Crippen molar-refractivity contribution in [3.63, 3.8) is 0 Å². The number of hydrogen-bond donors (Lipinski definition) is 2. The molecule has 1 aromatic rings. The van der Waals surface area contributed by atoms with Crippen LogP contribution in [0.5, 0.6) is 5.75 Å². The molecule has 19 heavy (non-hydrogen) atoms. The number of anilines is 1. The maximum Gasteiger partial charge on any atom is 0.275 e. The number of methoxy groups -OCH3 is 1. The Morgan fingerprint density at radius 2 is 2.11 bits per heavy atom. The molecule has 0 bridgehead atoms. The second-order valence-electron chi connectivity index (χ2n) is 4.99. The van der Waals surface area contributed by atoms with Crippen molar-refractivity contribution in [1.82, 2.24) is 0 Å². The third-order valence-corrected chi connectivity index (χ3v) is 3.70. The fraction of sp³-hybridized carbons (Fsp3) is 0.538. The molecule has 0 radical (unpaired) electrons. The highest BCUT2D eigenvalue weighted by atomic mass is 16.6. The van der Waals surface area contributed by atoms with Crippen molar-refractivity contribution >= 4 is 11.4 Å². The lowest BCUT2D eigenvalue weighted by Gasteiger charge is -2.30. The molecule has 6 nitrogen and oxygen atoms in total. The molecule has 1 aromatic carbocycles. The Bertz CT molecular complexity index is 470. The van der Waals surface area contributed by atoms with Gasteiger partial charge in [0.25, 0.3) is 5.69 Å². The summed E-state index contributed by atoms with van der Waals surface area (Å²) < 4.78 is 5.10. The van der Waals surface area contributed by atoms with Crippen LogP contribution >= 0.6 is 0 Å². The molecule has 0 atom stereocenters. The van der Waals surface area contributed by atoms with Crippen molar-refractivity contribution in [2.75, 3.05) is 19.0 Å². The molecule has 1 fully saturated rings. The predicted octanol–water partition coefficient (Wildman–Crippen LogP) is 2.29. The molecular formula is C13H19N3O3. The zero-order chi connectivity index (χ0) is 13.9. The van der Waals surface area contributed by atoms with Gasteiger partial charge in [0, 0.05) is 29.9 Å². The Labute approximate surface area is 112 Å². The normalized spacial score (nSPS) is 17.2. The van der Waals surface area contributed by atoms with Crippen LogP contribution in [0, 0.1) is 10.1 Å². The molecular weight excluding hydrogens is 246 g/mol. The summed E-state index contributed by atoms with van der Waals surface area (Å²) in [5.74, 6) is 0.474. The van der Waals surface area contributed by atoms with Crippen molar-refractivity contribution in [1.29, 1.82) is 0 Å². The lowest BCUT2D eigenvalue weighted by molar-refractivity contribution is -0.384. The van der Waals surface area contributed by atoms with Crippen LogP contribution in [0.4, 0.5) is 11.4 Å². The number of nitrogens with zero attached hydrogens (tertiary/aromatic N) is 1. The molecule has 2 rings (SSSR count). The van der Waals surface area contributed by atoms with Gasteiger partial charge in [-0.05, 0) is 12.8 Å². The molecule has 0 aromatic heterocycles. The van der Waals surface area contributed by atoms with E-state index in [0.717, 1.165) is 25.7 Å². The van der Waals surface area contributed by atoms with Gasteiger partial charge in [0.2, 0.25) is 0 Å². The number of non-ortho nitro benzene ring substituents is 1. The van der Waals surface area contributed by atoms with Crippen LogP contribution in [0.25, 0.3) is 0 Å². The minimum Gasteiger partial charge on any atom is -0.496 e. The van der Waals surface area contributed by atoms with E-state index in [1.54, 1.807) is 6.07 Å². The van der Waals surface area contributed by atoms with E-state index in [-0.39, 0.29) is 11.2 Å². The predicted molar refractivity (Wildman–Crippen MR) is 73.5 cm³/mol. The van der Waals surface area contributed by atoms with Crippen molar-refractivity contribution < 1.29 is 9.66 Å². The molecule has 0 amide bonds. The van der Waals surface area contributed by atoms with Crippen LogP contribution in [0.15, 0.2) is 18.2 Å². The first-order valence-electron chi connectivity index (χ1n) is 6.40. The van der Waals surface area contributed by atoms with Gasteiger partial charge in [-0.2, -0.15) is 0 Å². The number of nitrogens with two attached hydrogens (primary N) is 1. The molecule has 0 spiro atoms. The Kier molecular flexibility index (Phi) is 3.90. The third-order valence-electron chi connectivity index (χ3n) is 3.70. The highest BCUT2D eigenvalue weighted by Crippen LogP contribution is 2.34. The van der Waals surface area contributed by atoms with Crippen LogP contribution in [0.3, 0.4) is 0 Å². The molecule has 0 unspecified atom stereocenters. The standard InChI is InChI=1S/C13H19N3O3/c1-19-12-7-10(6-11(8-12)16(17)18)15-13(9-14)4-2-3-5-13/h6-8,15H,2-5,9,14H2,1H3. The second-order valence-corrected chi connectivity index (χ2v) is 4.99. The number of nitro benzene ring substituents is 1. The summed E-state index contributed by atoms with van der Waals surface area (Å²) in [7, 11) is 1.50. The highest BCUT2D eigenvalue weighted by Gasteiger charge is 2.32. The number of nitrogens with one attached hydrogen (secondary N) is 1. The fourth-order valence-electron chi connectivity index (χ4n) is 2.62. The number of ether oxygens (including phenoxy) is 1. The molecule has 104 valence electrons. The number of benzene rings is 1. The molecule has 6 heteroatoms. The van der Waals surface area contributed by atoms with Gasteiger partial charge in [-0.3, -0.25) is 10.1 Å². The van der Waals surface area contributed by atoms with E-state index in [1.165, 1.54) is 19.2 Å². The molecule has 0 aliphatic heterocycles. The quantitative estimate of drug-likeness (QED) is 0.629. The number of rotatable bonds is 5. The summed E-state index contributed by atoms with van der Waals surface area (Å²) in [6.45, 7) is 0.526. The maximum absolute atomic E-state index is 10.9. The summed E-state index contributed by atoms with van der Waals surface area (Å²) in [4.78, 5) is 10.5. The topological polar surface area (TPSA) is 90.4 Å². The first kappa shape index (κ1) is 13.6. The summed E-state index contributed by atoms with van der Waals surface area (Å²) in [5.41, 5.74) is 6.43. The summed E-state index contributed by atoms with van der Waals surface area (Å²) in [6, 6.07) is 4.70. The molecule has 0 saturated heterocycles. The van der Waals surface area contributed by atoms with Gasteiger partial charge >= 0.3 is 0 Å². The van der Waals surface area contributed by atoms with Gasteiger partial charge in [-0.25, -0.2) is 0 Å². The van der Waals surface area contributed by atoms with Gasteiger partial charge in [-0.15, -0.1) is 0 Å². The van der Waals surface area contributed by atoms with Crippen LogP contribution in [-0.2, 0) is 0 Å². The van der Waals surface area contributed by atoms with E-state index in [2.05, 4.69) is 5.32 Å². The van der Waals surface area contributed by atoms with E-state index in [0.29, 0.717) is 18.0 Å². The maximum atomic E-state index is 10.9. The van der Waals surface area contributed by atoms with Gasteiger partial charge < -0.3 is 15.8 Å². The van der Waals surface area contributed by atoms with E-state index in [1.807, 2.05) is 0 Å². The third kappa shape index (κ3) is 2.96. The van der Waals surface area contributed by atoms with Gasteiger partial charge in [0.1, 0.15) is 5.75 Å².